The minimum atomic E-state index is -3.06. The van der Waals surface area contributed by atoms with E-state index in [4.69, 9.17) is 4.74 Å². The third-order valence-electron chi connectivity index (χ3n) is 4.22. The molecule has 0 saturated carbocycles. The molecule has 0 radical (unpaired) electrons. The lowest BCUT2D eigenvalue weighted by Gasteiger charge is -2.26. The molecule has 1 atom stereocenters. The summed E-state index contributed by atoms with van der Waals surface area (Å²) >= 11 is 0. The number of carbonyl (C=O) groups excluding carboxylic acids is 1. The van der Waals surface area contributed by atoms with Crippen molar-refractivity contribution in [2.45, 2.75) is 38.4 Å². The molecule has 0 aliphatic carbocycles. The van der Waals surface area contributed by atoms with Crippen molar-refractivity contribution in [3.63, 3.8) is 0 Å². The largest absolute Gasteiger partial charge is 0.433 e. The third kappa shape index (κ3) is 4.77. The van der Waals surface area contributed by atoms with E-state index in [1.165, 1.54) is 0 Å². The average molecular weight is 346 g/mol. The van der Waals surface area contributed by atoms with Gasteiger partial charge in [-0.15, -0.1) is 0 Å². The van der Waals surface area contributed by atoms with E-state index in [9.17, 15) is 18.0 Å². The molecule has 1 aliphatic heterocycles. The molecule has 5 nitrogen and oxygen atoms in total. The van der Waals surface area contributed by atoms with Crippen molar-refractivity contribution in [3.8, 4) is 5.75 Å². The number of carbonyl (C=O) groups is 1. The van der Waals surface area contributed by atoms with Gasteiger partial charge in [0, 0.05) is 26.3 Å². The molecule has 134 valence electrons. The molecule has 24 heavy (non-hydrogen) atoms. The van der Waals surface area contributed by atoms with Crippen LogP contribution in [0.3, 0.4) is 0 Å². The third-order valence-corrected chi connectivity index (χ3v) is 4.22. The summed E-state index contributed by atoms with van der Waals surface area (Å²) in [7, 11) is 1.64. The van der Waals surface area contributed by atoms with Crippen molar-refractivity contribution in [2.24, 2.45) is 0 Å². The van der Waals surface area contributed by atoms with Gasteiger partial charge in [0.05, 0.1) is 11.3 Å². The van der Waals surface area contributed by atoms with E-state index in [1.54, 1.807) is 12.0 Å². The van der Waals surface area contributed by atoms with E-state index in [0.717, 1.165) is 31.0 Å². The first kappa shape index (κ1) is 18.4. The van der Waals surface area contributed by atoms with Gasteiger partial charge in [-0.05, 0) is 38.3 Å². The number of urea groups is 1. The van der Waals surface area contributed by atoms with Crippen molar-refractivity contribution < 1.29 is 27.4 Å². The van der Waals surface area contributed by atoms with Gasteiger partial charge in [0.15, 0.2) is 0 Å². The van der Waals surface area contributed by atoms with Crippen molar-refractivity contribution in [3.05, 3.63) is 24.0 Å². The van der Waals surface area contributed by atoms with E-state index in [-0.39, 0.29) is 17.0 Å². The molecule has 1 saturated heterocycles. The predicted molar refractivity (Wildman–Crippen MR) is 82.9 cm³/mol. The summed E-state index contributed by atoms with van der Waals surface area (Å²) in [5.41, 5.74) is -0.420. The highest BCUT2D eigenvalue weighted by Crippen LogP contribution is 2.29. The summed E-state index contributed by atoms with van der Waals surface area (Å²) in [5, 5.41) is 2.45. The summed E-state index contributed by atoms with van der Waals surface area (Å²) in [5.74, 6) is -0.939. The molecule has 0 spiro atoms. The van der Waals surface area contributed by atoms with E-state index in [0.29, 0.717) is 19.5 Å². The van der Waals surface area contributed by atoms with Gasteiger partial charge in [0.25, 0.3) is 0 Å². The standard InChI is InChI=1S/C16H21F3N2O3/c1-16(23-2)6-3-8-21(9-7-16)15(22)20-12-10-11(17)4-5-13(12)24-14(18)19/h4-5,10,14H,3,6-9H2,1-2H3,(H,20,22)/t16-/m1/s1. The molecule has 1 aromatic carbocycles. The van der Waals surface area contributed by atoms with Crippen molar-refractivity contribution in [1.29, 1.82) is 0 Å². The zero-order chi connectivity index (χ0) is 17.7. The van der Waals surface area contributed by atoms with E-state index in [1.807, 2.05) is 6.92 Å². The first-order valence-electron chi connectivity index (χ1n) is 7.68. The van der Waals surface area contributed by atoms with Crippen LogP contribution in [0.1, 0.15) is 26.2 Å². The van der Waals surface area contributed by atoms with Crippen LogP contribution in [0.15, 0.2) is 18.2 Å². The molecule has 1 heterocycles. The fourth-order valence-electron chi connectivity index (χ4n) is 2.65. The maximum absolute atomic E-state index is 13.4. The number of halogens is 3. The fourth-order valence-corrected chi connectivity index (χ4v) is 2.65. The van der Waals surface area contributed by atoms with Crippen molar-refractivity contribution in [1.82, 2.24) is 4.90 Å². The maximum atomic E-state index is 13.4. The average Bonchev–Trinajstić information content (AvgIpc) is 2.72. The van der Waals surface area contributed by atoms with Gasteiger partial charge in [-0.3, -0.25) is 0 Å². The zero-order valence-electron chi connectivity index (χ0n) is 13.7. The number of rotatable bonds is 4. The Bertz CT molecular complexity index is 586. The van der Waals surface area contributed by atoms with Crippen LogP contribution >= 0.6 is 0 Å². The van der Waals surface area contributed by atoms with Crippen LogP contribution in [0, 0.1) is 5.82 Å². The Morgan fingerprint density at radius 3 is 2.75 bits per heavy atom. The van der Waals surface area contributed by atoms with E-state index < -0.39 is 18.5 Å². The van der Waals surface area contributed by atoms with E-state index >= 15 is 0 Å². The topological polar surface area (TPSA) is 50.8 Å². The molecule has 0 unspecified atom stereocenters. The van der Waals surface area contributed by atoms with Crippen molar-refractivity contribution in [2.75, 3.05) is 25.5 Å². The lowest BCUT2D eigenvalue weighted by Crippen LogP contribution is -2.37. The smallest absolute Gasteiger partial charge is 0.387 e. The second-order valence-corrected chi connectivity index (χ2v) is 5.94. The molecule has 0 bridgehead atoms. The quantitative estimate of drug-likeness (QED) is 0.901. The Labute approximate surface area is 138 Å². The van der Waals surface area contributed by atoms with Crippen LogP contribution in [0.2, 0.25) is 0 Å². The Morgan fingerprint density at radius 1 is 1.33 bits per heavy atom. The summed E-state index contributed by atoms with van der Waals surface area (Å²) in [4.78, 5) is 13.9. The molecule has 0 aromatic heterocycles. The molecule has 2 amide bonds. The van der Waals surface area contributed by atoms with Gasteiger partial charge in [0.1, 0.15) is 11.6 Å². The first-order valence-corrected chi connectivity index (χ1v) is 7.68. The fraction of sp³-hybridized carbons (Fsp3) is 0.562. The van der Waals surface area contributed by atoms with Crippen molar-refractivity contribution >= 4 is 11.7 Å². The minimum Gasteiger partial charge on any atom is -0.433 e. The number of nitrogens with zero attached hydrogens (tertiary/aromatic N) is 1. The second-order valence-electron chi connectivity index (χ2n) is 5.94. The van der Waals surface area contributed by atoms with Crippen LogP contribution in [-0.4, -0.2) is 43.3 Å². The number of hydrogen-bond donors (Lipinski definition) is 1. The first-order chi connectivity index (χ1) is 11.3. The monoisotopic (exact) mass is 346 g/mol. The van der Waals surface area contributed by atoms with Gasteiger partial charge in [-0.25, -0.2) is 9.18 Å². The van der Waals surface area contributed by atoms with Crippen LogP contribution in [0.4, 0.5) is 23.7 Å². The molecule has 1 N–H and O–H groups in total. The zero-order valence-corrected chi connectivity index (χ0v) is 13.7. The van der Waals surface area contributed by atoms with Crippen LogP contribution in [0.25, 0.3) is 0 Å². The highest BCUT2D eigenvalue weighted by atomic mass is 19.3. The summed E-state index contributed by atoms with van der Waals surface area (Å²) in [6.45, 7) is -0.122. The molecule has 1 fully saturated rings. The SMILES string of the molecule is CO[C@]1(C)CCCN(C(=O)Nc2cc(F)ccc2OC(F)F)CC1. The number of methoxy groups -OCH3 is 1. The Hall–Kier alpha value is -1.96. The van der Waals surface area contributed by atoms with Gasteiger partial charge >= 0.3 is 12.6 Å². The Balaban J connectivity index is 2.08. The Morgan fingerprint density at radius 2 is 2.08 bits per heavy atom. The van der Waals surface area contributed by atoms with Gasteiger partial charge in [-0.1, -0.05) is 0 Å². The number of likely N-dealkylation sites (tertiary alicyclic amines) is 1. The molecular weight excluding hydrogens is 325 g/mol. The number of alkyl halides is 2. The number of benzene rings is 1. The summed E-state index contributed by atoms with van der Waals surface area (Å²) < 4.78 is 48.0. The van der Waals surface area contributed by atoms with Gasteiger partial charge in [0.2, 0.25) is 0 Å². The summed E-state index contributed by atoms with van der Waals surface area (Å²) in [6, 6.07) is 2.51. The van der Waals surface area contributed by atoms with E-state index in [2.05, 4.69) is 10.1 Å². The van der Waals surface area contributed by atoms with Crippen LogP contribution in [0.5, 0.6) is 5.75 Å². The number of nitrogens with one attached hydrogen (secondary N) is 1. The molecule has 8 heteroatoms. The van der Waals surface area contributed by atoms with Gasteiger partial charge in [-0.2, -0.15) is 8.78 Å². The molecular formula is C16H21F3N2O3. The molecule has 1 aliphatic rings. The summed E-state index contributed by atoms with van der Waals surface area (Å²) in [6.07, 6.45) is 2.22. The van der Waals surface area contributed by atoms with Crippen LogP contribution < -0.4 is 10.1 Å². The Kier molecular flexibility index (Phi) is 5.93. The number of hydrogen-bond acceptors (Lipinski definition) is 3. The highest BCUT2D eigenvalue weighted by molar-refractivity contribution is 5.91. The maximum Gasteiger partial charge on any atom is 0.387 e. The lowest BCUT2D eigenvalue weighted by atomic mass is 9.97. The second kappa shape index (κ2) is 7.74. The number of amides is 2. The lowest BCUT2D eigenvalue weighted by molar-refractivity contribution is -0.0494. The molecule has 2 rings (SSSR count). The van der Waals surface area contributed by atoms with Crippen LogP contribution in [-0.2, 0) is 4.74 Å². The van der Waals surface area contributed by atoms with Gasteiger partial charge < -0.3 is 19.7 Å². The minimum absolute atomic E-state index is 0.126. The molecule has 1 aromatic rings. The number of anilines is 1. The number of ether oxygens (including phenoxy) is 2. The predicted octanol–water partition coefficient (Wildman–Crippen LogP) is 3.85. The highest BCUT2D eigenvalue weighted by Gasteiger charge is 2.29. The normalized spacial score (nSPS) is 21.5.